The first-order chi connectivity index (χ1) is 11.0. The van der Waals surface area contributed by atoms with Crippen LogP contribution in [-0.4, -0.2) is 29.4 Å². The van der Waals surface area contributed by atoms with E-state index in [2.05, 4.69) is 17.2 Å². The van der Waals surface area contributed by atoms with Gasteiger partial charge in [-0.15, -0.1) is 0 Å². The number of amides is 1. The second kappa shape index (κ2) is 8.18. The first kappa shape index (κ1) is 17.6. The first-order valence-corrected chi connectivity index (χ1v) is 8.20. The zero-order chi connectivity index (χ0) is 16.8. The molecule has 1 amide bonds. The van der Waals surface area contributed by atoms with Gasteiger partial charge in [0.2, 0.25) is 0 Å². The number of benzene rings is 1. The van der Waals surface area contributed by atoms with E-state index in [1.165, 1.54) is 0 Å². The average Bonchev–Trinajstić information content (AvgIpc) is 2.55. The molecule has 0 aliphatic heterocycles. The summed E-state index contributed by atoms with van der Waals surface area (Å²) in [5.41, 5.74) is 1.23. The van der Waals surface area contributed by atoms with Crippen molar-refractivity contribution in [3.63, 3.8) is 0 Å². The topological polar surface area (TPSA) is 45.2 Å². The summed E-state index contributed by atoms with van der Waals surface area (Å²) in [7, 11) is 1.80. The van der Waals surface area contributed by atoms with Crippen molar-refractivity contribution in [2.75, 3.05) is 18.9 Å². The van der Waals surface area contributed by atoms with Gasteiger partial charge in [-0.3, -0.25) is 4.79 Å². The normalized spacial score (nSPS) is 10.4. The molecule has 1 aromatic carbocycles. The molecule has 0 aliphatic rings. The number of hydrogen-bond donors (Lipinski definition) is 1. The van der Waals surface area contributed by atoms with Crippen molar-refractivity contribution < 1.29 is 4.79 Å². The molecule has 0 bridgehead atoms. The number of hydrogen-bond acceptors (Lipinski definition) is 3. The van der Waals surface area contributed by atoms with Crippen LogP contribution in [0.5, 0.6) is 0 Å². The van der Waals surface area contributed by atoms with Gasteiger partial charge in [-0.05, 0) is 36.8 Å². The molecule has 0 spiro atoms. The summed E-state index contributed by atoms with van der Waals surface area (Å²) in [5.74, 6) is 0.519. The van der Waals surface area contributed by atoms with Gasteiger partial charge in [-0.25, -0.2) is 4.98 Å². The Morgan fingerprint density at radius 2 is 2.04 bits per heavy atom. The number of halogens is 2. The fraction of sp³-hybridized carbons (Fsp3) is 0.294. The largest absolute Gasteiger partial charge is 0.342 e. The summed E-state index contributed by atoms with van der Waals surface area (Å²) in [4.78, 5) is 18.3. The van der Waals surface area contributed by atoms with Crippen LogP contribution in [0, 0.1) is 0 Å². The van der Waals surface area contributed by atoms with Gasteiger partial charge >= 0.3 is 0 Å². The Morgan fingerprint density at radius 3 is 2.78 bits per heavy atom. The van der Waals surface area contributed by atoms with Crippen LogP contribution in [0.25, 0.3) is 0 Å². The molecule has 0 saturated carbocycles. The molecule has 0 radical (unpaired) electrons. The minimum Gasteiger partial charge on any atom is -0.342 e. The maximum absolute atomic E-state index is 12.4. The van der Waals surface area contributed by atoms with Crippen molar-refractivity contribution in [3.05, 3.63) is 52.1 Å². The molecule has 23 heavy (non-hydrogen) atoms. The first-order valence-electron chi connectivity index (χ1n) is 7.45. The second-order valence-corrected chi connectivity index (χ2v) is 6.10. The van der Waals surface area contributed by atoms with E-state index in [0.29, 0.717) is 27.1 Å². The van der Waals surface area contributed by atoms with Gasteiger partial charge < -0.3 is 10.2 Å². The Bertz CT molecular complexity index is 691. The third kappa shape index (κ3) is 4.85. The van der Waals surface area contributed by atoms with E-state index in [1.807, 2.05) is 0 Å². The van der Waals surface area contributed by atoms with E-state index in [-0.39, 0.29) is 5.91 Å². The smallest absolute Gasteiger partial charge is 0.253 e. The standard InChI is InChI=1S/C17H19Cl2N3O/c1-3-4-9-22(2)17(23)12-7-8-20-16(10-12)21-15-11-13(18)5-6-14(15)19/h5-8,10-11H,3-4,9H2,1-2H3,(H,20,21). The number of nitrogens with zero attached hydrogens (tertiary/aromatic N) is 2. The SMILES string of the molecule is CCCCN(C)C(=O)c1ccnc(Nc2cc(Cl)ccc2Cl)c1. The molecule has 1 N–H and O–H groups in total. The monoisotopic (exact) mass is 351 g/mol. The van der Waals surface area contributed by atoms with Gasteiger partial charge in [-0.2, -0.15) is 0 Å². The molecule has 4 nitrogen and oxygen atoms in total. The Hall–Kier alpha value is -1.78. The quantitative estimate of drug-likeness (QED) is 0.795. The number of unbranched alkanes of at least 4 members (excludes halogenated alkanes) is 1. The third-order valence-corrected chi connectivity index (χ3v) is 3.96. The van der Waals surface area contributed by atoms with Crippen LogP contribution < -0.4 is 5.32 Å². The van der Waals surface area contributed by atoms with Gasteiger partial charge in [0.1, 0.15) is 5.82 Å². The predicted molar refractivity (Wildman–Crippen MR) is 95.9 cm³/mol. The maximum atomic E-state index is 12.4. The molecule has 122 valence electrons. The number of pyridine rings is 1. The molecule has 1 heterocycles. The number of nitrogens with one attached hydrogen (secondary N) is 1. The molecular weight excluding hydrogens is 333 g/mol. The number of rotatable bonds is 6. The molecule has 2 rings (SSSR count). The lowest BCUT2D eigenvalue weighted by atomic mass is 10.2. The lowest BCUT2D eigenvalue weighted by Crippen LogP contribution is -2.27. The van der Waals surface area contributed by atoms with E-state index in [0.717, 1.165) is 19.4 Å². The maximum Gasteiger partial charge on any atom is 0.253 e. The Balaban J connectivity index is 2.16. The molecule has 0 atom stereocenters. The third-order valence-electron chi connectivity index (χ3n) is 3.39. The zero-order valence-corrected chi connectivity index (χ0v) is 14.7. The fourth-order valence-electron chi connectivity index (χ4n) is 2.08. The van der Waals surface area contributed by atoms with Gasteiger partial charge in [0.25, 0.3) is 5.91 Å². The summed E-state index contributed by atoms with van der Waals surface area (Å²) in [6, 6.07) is 8.55. The molecule has 0 unspecified atom stereocenters. The molecule has 6 heteroatoms. The minimum atomic E-state index is -0.0268. The van der Waals surface area contributed by atoms with Crippen LogP contribution in [0.3, 0.4) is 0 Å². The molecule has 0 saturated heterocycles. The number of carbonyl (C=O) groups is 1. The van der Waals surface area contributed by atoms with Gasteiger partial charge in [-0.1, -0.05) is 36.5 Å². The van der Waals surface area contributed by atoms with E-state index in [9.17, 15) is 4.79 Å². The van der Waals surface area contributed by atoms with E-state index >= 15 is 0 Å². The lowest BCUT2D eigenvalue weighted by molar-refractivity contribution is 0.0793. The van der Waals surface area contributed by atoms with Gasteiger partial charge in [0.05, 0.1) is 10.7 Å². The van der Waals surface area contributed by atoms with Gasteiger partial charge in [0, 0.05) is 30.4 Å². The second-order valence-electron chi connectivity index (χ2n) is 5.26. The van der Waals surface area contributed by atoms with Crippen molar-refractivity contribution >= 4 is 40.6 Å². The zero-order valence-electron chi connectivity index (χ0n) is 13.1. The van der Waals surface area contributed by atoms with Crippen LogP contribution in [-0.2, 0) is 0 Å². The molecule has 2 aromatic rings. The van der Waals surface area contributed by atoms with Crippen LogP contribution >= 0.6 is 23.2 Å². The highest BCUT2D eigenvalue weighted by molar-refractivity contribution is 6.35. The summed E-state index contributed by atoms with van der Waals surface area (Å²) >= 11 is 12.1. The van der Waals surface area contributed by atoms with Crippen molar-refractivity contribution in [1.82, 2.24) is 9.88 Å². The van der Waals surface area contributed by atoms with Crippen LogP contribution in [0.15, 0.2) is 36.5 Å². The molecule has 0 fully saturated rings. The minimum absolute atomic E-state index is 0.0268. The predicted octanol–water partition coefficient (Wildman–Crippen LogP) is 5.00. The van der Waals surface area contributed by atoms with Gasteiger partial charge in [0.15, 0.2) is 0 Å². The summed E-state index contributed by atoms with van der Waals surface area (Å²) in [5, 5.41) is 4.20. The fourth-order valence-corrected chi connectivity index (χ4v) is 2.42. The van der Waals surface area contributed by atoms with Crippen LogP contribution in [0.2, 0.25) is 10.0 Å². The van der Waals surface area contributed by atoms with Crippen LogP contribution in [0.1, 0.15) is 30.1 Å². The summed E-state index contributed by atoms with van der Waals surface area (Å²) < 4.78 is 0. The summed E-state index contributed by atoms with van der Waals surface area (Å²) in [6.07, 6.45) is 3.63. The lowest BCUT2D eigenvalue weighted by Gasteiger charge is -2.17. The van der Waals surface area contributed by atoms with Crippen LogP contribution in [0.4, 0.5) is 11.5 Å². The number of aromatic nitrogens is 1. The van der Waals surface area contributed by atoms with E-state index in [4.69, 9.17) is 23.2 Å². The van der Waals surface area contributed by atoms with Crippen molar-refractivity contribution in [3.8, 4) is 0 Å². The Morgan fingerprint density at radius 1 is 1.26 bits per heavy atom. The highest BCUT2D eigenvalue weighted by atomic mass is 35.5. The molecule has 1 aromatic heterocycles. The van der Waals surface area contributed by atoms with E-state index < -0.39 is 0 Å². The summed E-state index contributed by atoms with van der Waals surface area (Å²) in [6.45, 7) is 2.84. The highest BCUT2D eigenvalue weighted by Crippen LogP contribution is 2.28. The molecule has 0 aliphatic carbocycles. The van der Waals surface area contributed by atoms with E-state index in [1.54, 1.807) is 48.5 Å². The van der Waals surface area contributed by atoms with Crippen molar-refractivity contribution in [2.24, 2.45) is 0 Å². The van der Waals surface area contributed by atoms with Crippen molar-refractivity contribution in [2.45, 2.75) is 19.8 Å². The Kier molecular flexibility index (Phi) is 6.25. The van der Waals surface area contributed by atoms with Crippen molar-refractivity contribution in [1.29, 1.82) is 0 Å². The number of carbonyl (C=O) groups excluding carboxylic acids is 1. The Labute approximate surface area is 146 Å². The number of anilines is 2. The average molecular weight is 352 g/mol. The molecular formula is C17H19Cl2N3O. The highest BCUT2D eigenvalue weighted by Gasteiger charge is 2.12.